The van der Waals surface area contributed by atoms with Gasteiger partial charge in [-0.15, -0.1) is 0 Å². The van der Waals surface area contributed by atoms with Gasteiger partial charge in [0.1, 0.15) is 5.75 Å². The molecular formula is C16H24BNO3. The third kappa shape index (κ3) is 2.82. The van der Waals surface area contributed by atoms with Crippen molar-refractivity contribution in [2.24, 2.45) is 5.73 Å². The molecule has 2 fully saturated rings. The normalized spacial score (nSPS) is 23.4. The van der Waals surface area contributed by atoms with Gasteiger partial charge in [0.2, 0.25) is 0 Å². The van der Waals surface area contributed by atoms with Gasteiger partial charge in [-0.2, -0.15) is 0 Å². The monoisotopic (exact) mass is 289 g/mol. The smallest absolute Gasteiger partial charge is 0.490 e. The van der Waals surface area contributed by atoms with Gasteiger partial charge < -0.3 is 19.8 Å². The molecule has 1 aromatic rings. The maximum atomic E-state index is 6.11. The maximum absolute atomic E-state index is 6.11. The van der Waals surface area contributed by atoms with E-state index in [0.29, 0.717) is 12.6 Å². The molecule has 1 saturated carbocycles. The van der Waals surface area contributed by atoms with Crippen molar-refractivity contribution in [2.45, 2.75) is 64.4 Å². The lowest BCUT2D eigenvalue weighted by atomic mass is 9.76. The van der Waals surface area contributed by atoms with Crippen LogP contribution in [0.4, 0.5) is 0 Å². The Kier molecular flexibility index (Phi) is 3.55. The van der Waals surface area contributed by atoms with Crippen LogP contribution in [0.2, 0.25) is 0 Å². The van der Waals surface area contributed by atoms with E-state index in [9.17, 15) is 0 Å². The highest BCUT2D eigenvalue weighted by Gasteiger charge is 2.52. The summed E-state index contributed by atoms with van der Waals surface area (Å²) in [6.45, 7) is 8.67. The quantitative estimate of drug-likeness (QED) is 0.861. The van der Waals surface area contributed by atoms with Crippen LogP contribution < -0.4 is 15.9 Å². The van der Waals surface area contributed by atoms with E-state index in [1.54, 1.807) is 0 Å². The van der Waals surface area contributed by atoms with Crippen LogP contribution in [0.15, 0.2) is 18.2 Å². The molecule has 21 heavy (non-hydrogen) atoms. The maximum Gasteiger partial charge on any atom is 0.495 e. The average molecular weight is 289 g/mol. The van der Waals surface area contributed by atoms with E-state index in [-0.39, 0.29) is 18.3 Å². The van der Waals surface area contributed by atoms with Crippen LogP contribution in [-0.2, 0) is 15.9 Å². The molecule has 0 atom stereocenters. The summed E-state index contributed by atoms with van der Waals surface area (Å²) < 4.78 is 18.0. The van der Waals surface area contributed by atoms with E-state index in [4.69, 9.17) is 19.8 Å². The standard InChI is InChI=1S/C16H24BNO3/c1-15(2)16(3,4)21-17(20-15)14-8-7-13(9-11(14)10-18)19-12-5-6-12/h7-9,12H,5-6,10,18H2,1-4H3. The Bertz CT molecular complexity index is 524. The molecule has 2 N–H and O–H groups in total. The van der Waals surface area contributed by atoms with Gasteiger partial charge in [0.25, 0.3) is 0 Å². The molecule has 0 amide bonds. The lowest BCUT2D eigenvalue weighted by molar-refractivity contribution is 0.00578. The first-order valence-electron chi connectivity index (χ1n) is 7.67. The van der Waals surface area contributed by atoms with Crippen LogP contribution in [0, 0.1) is 0 Å². The van der Waals surface area contributed by atoms with Gasteiger partial charge in [-0.1, -0.05) is 6.07 Å². The van der Waals surface area contributed by atoms with E-state index in [1.807, 2.05) is 18.2 Å². The molecule has 1 aliphatic carbocycles. The first-order valence-corrected chi connectivity index (χ1v) is 7.67. The zero-order valence-electron chi connectivity index (χ0n) is 13.3. The topological polar surface area (TPSA) is 53.7 Å². The second-order valence-electron chi connectivity index (χ2n) is 6.97. The summed E-state index contributed by atoms with van der Waals surface area (Å²) in [5.41, 5.74) is 7.24. The summed E-state index contributed by atoms with van der Waals surface area (Å²) in [5.74, 6) is 0.887. The molecule has 0 radical (unpaired) electrons. The SMILES string of the molecule is CC1(C)OB(c2ccc(OC3CC3)cc2CN)OC1(C)C. The Hall–Kier alpha value is -1.04. The minimum absolute atomic E-state index is 0.341. The van der Waals surface area contributed by atoms with Gasteiger partial charge in [0.05, 0.1) is 17.3 Å². The Balaban J connectivity index is 1.85. The number of benzene rings is 1. The molecule has 0 aromatic heterocycles. The zero-order chi connectivity index (χ0) is 15.3. The van der Waals surface area contributed by atoms with Crippen LogP contribution in [0.3, 0.4) is 0 Å². The van der Waals surface area contributed by atoms with Gasteiger partial charge in [0.15, 0.2) is 0 Å². The molecule has 4 nitrogen and oxygen atoms in total. The molecular weight excluding hydrogens is 265 g/mol. The second-order valence-corrected chi connectivity index (χ2v) is 6.97. The Morgan fingerprint density at radius 3 is 2.33 bits per heavy atom. The number of hydrogen-bond donors (Lipinski definition) is 1. The largest absolute Gasteiger partial charge is 0.495 e. The van der Waals surface area contributed by atoms with Crippen molar-refractivity contribution in [3.63, 3.8) is 0 Å². The fourth-order valence-corrected chi connectivity index (χ4v) is 2.41. The summed E-state index contributed by atoms with van der Waals surface area (Å²) in [5, 5.41) is 0. The Morgan fingerprint density at radius 1 is 1.19 bits per heavy atom. The molecule has 2 aliphatic rings. The van der Waals surface area contributed by atoms with Gasteiger partial charge in [0, 0.05) is 6.54 Å². The van der Waals surface area contributed by atoms with E-state index in [1.165, 1.54) is 0 Å². The highest BCUT2D eigenvalue weighted by molar-refractivity contribution is 6.62. The lowest BCUT2D eigenvalue weighted by Gasteiger charge is -2.32. The van der Waals surface area contributed by atoms with E-state index in [0.717, 1.165) is 29.6 Å². The van der Waals surface area contributed by atoms with Gasteiger partial charge in [-0.05, 0) is 63.7 Å². The number of hydrogen-bond acceptors (Lipinski definition) is 4. The van der Waals surface area contributed by atoms with Crippen LogP contribution in [0.1, 0.15) is 46.1 Å². The van der Waals surface area contributed by atoms with Crippen molar-refractivity contribution >= 4 is 12.6 Å². The minimum atomic E-state index is -0.372. The zero-order valence-corrected chi connectivity index (χ0v) is 13.3. The Morgan fingerprint density at radius 2 is 1.81 bits per heavy atom. The molecule has 0 spiro atoms. The number of rotatable bonds is 4. The predicted octanol–water partition coefficient (Wildman–Crippen LogP) is 1.99. The van der Waals surface area contributed by atoms with Crippen molar-refractivity contribution in [1.82, 2.24) is 0 Å². The van der Waals surface area contributed by atoms with Crippen molar-refractivity contribution in [3.8, 4) is 5.75 Å². The summed E-state index contributed by atoms with van der Waals surface area (Å²) in [6, 6.07) is 6.01. The summed E-state index contributed by atoms with van der Waals surface area (Å²) >= 11 is 0. The second kappa shape index (κ2) is 5.01. The molecule has 0 bridgehead atoms. The molecule has 1 saturated heterocycles. The first-order chi connectivity index (χ1) is 9.82. The molecule has 0 unspecified atom stereocenters. The minimum Gasteiger partial charge on any atom is -0.490 e. The van der Waals surface area contributed by atoms with E-state index in [2.05, 4.69) is 27.7 Å². The van der Waals surface area contributed by atoms with Crippen LogP contribution in [0.5, 0.6) is 5.75 Å². The molecule has 114 valence electrons. The van der Waals surface area contributed by atoms with Gasteiger partial charge in [-0.25, -0.2) is 0 Å². The summed E-state index contributed by atoms with van der Waals surface area (Å²) in [7, 11) is -0.372. The van der Waals surface area contributed by atoms with Gasteiger partial charge >= 0.3 is 7.12 Å². The van der Waals surface area contributed by atoms with Crippen molar-refractivity contribution in [3.05, 3.63) is 23.8 Å². The average Bonchev–Trinajstić information content (AvgIpc) is 3.17. The first kappa shape index (κ1) is 14.9. The number of nitrogens with two attached hydrogens (primary N) is 1. The lowest BCUT2D eigenvalue weighted by Crippen LogP contribution is -2.41. The van der Waals surface area contributed by atoms with Crippen LogP contribution in [0.25, 0.3) is 0 Å². The third-order valence-corrected chi connectivity index (χ3v) is 4.67. The molecule has 3 rings (SSSR count). The molecule has 1 aromatic carbocycles. The highest BCUT2D eigenvalue weighted by Crippen LogP contribution is 2.37. The predicted molar refractivity (Wildman–Crippen MR) is 83.7 cm³/mol. The van der Waals surface area contributed by atoms with Crippen molar-refractivity contribution in [2.75, 3.05) is 0 Å². The van der Waals surface area contributed by atoms with Crippen molar-refractivity contribution in [1.29, 1.82) is 0 Å². The summed E-state index contributed by atoms with van der Waals surface area (Å²) in [6.07, 6.45) is 2.69. The molecule has 1 heterocycles. The third-order valence-electron chi connectivity index (χ3n) is 4.67. The molecule has 5 heteroatoms. The molecule has 1 aliphatic heterocycles. The fourth-order valence-electron chi connectivity index (χ4n) is 2.41. The fraction of sp³-hybridized carbons (Fsp3) is 0.625. The van der Waals surface area contributed by atoms with E-state index >= 15 is 0 Å². The van der Waals surface area contributed by atoms with Gasteiger partial charge in [-0.3, -0.25) is 0 Å². The van der Waals surface area contributed by atoms with Crippen LogP contribution in [-0.4, -0.2) is 24.4 Å². The number of ether oxygens (including phenoxy) is 1. The van der Waals surface area contributed by atoms with Crippen molar-refractivity contribution < 1.29 is 14.0 Å². The van der Waals surface area contributed by atoms with E-state index < -0.39 is 0 Å². The van der Waals surface area contributed by atoms with Crippen LogP contribution >= 0.6 is 0 Å². The Labute approximate surface area is 127 Å². The highest BCUT2D eigenvalue weighted by atomic mass is 16.7. The summed E-state index contributed by atoms with van der Waals surface area (Å²) in [4.78, 5) is 0.